The van der Waals surface area contributed by atoms with Crippen molar-refractivity contribution in [3.05, 3.63) is 98.7 Å². The van der Waals surface area contributed by atoms with Gasteiger partial charge in [-0.25, -0.2) is 8.42 Å². The van der Waals surface area contributed by atoms with Gasteiger partial charge >= 0.3 is 0 Å². The summed E-state index contributed by atoms with van der Waals surface area (Å²) in [5, 5.41) is 28.5. The number of aromatic nitrogens is 1. The topological polar surface area (TPSA) is 161 Å². The number of nitrogens with zero attached hydrogens (tertiary/aromatic N) is 5. The van der Waals surface area contributed by atoms with Crippen LogP contribution in [0.1, 0.15) is 38.2 Å². The number of nitro groups is 2. The summed E-state index contributed by atoms with van der Waals surface area (Å²) >= 11 is 1.23. The quantitative estimate of drug-likeness (QED) is 0.117. The molecule has 0 radical (unpaired) electrons. The molecule has 0 spiro atoms. The maximum atomic E-state index is 13.7. The molecule has 5 rings (SSSR count). The second-order valence-electron chi connectivity index (χ2n) is 9.90. The minimum Gasteiger partial charge on any atom is -0.277 e. The smallest absolute Gasteiger partial charge is 0.277 e. The van der Waals surface area contributed by atoms with E-state index in [1.54, 1.807) is 18.3 Å². The molecule has 0 bridgehead atoms. The summed E-state index contributed by atoms with van der Waals surface area (Å²) in [5.74, 6) is 0. The van der Waals surface area contributed by atoms with Crippen molar-refractivity contribution in [3.63, 3.8) is 0 Å². The van der Waals surface area contributed by atoms with Crippen molar-refractivity contribution in [3.8, 4) is 0 Å². The molecular weight excluding hydrogens is 592 g/mol. The fraction of sp³-hybridized carbons (Fsp3) is 0.241. The van der Waals surface area contributed by atoms with E-state index in [4.69, 9.17) is 0 Å². The number of benzene rings is 3. The van der Waals surface area contributed by atoms with Crippen LogP contribution in [0.5, 0.6) is 0 Å². The van der Waals surface area contributed by atoms with Crippen molar-refractivity contribution in [1.82, 2.24) is 9.29 Å². The summed E-state index contributed by atoms with van der Waals surface area (Å²) in [4.78, 5) is 27.7. The van der Waals surface area contributed by atoms with Gasteiger partial charge in [0.05, 0.1) is 32.2 Å². The van der Waals surface area contributed by atoms with Crippen LogP contribution >= 0.6 is 11.8 Å². The van der Waals surface area contributed by atoms with Gasteiger partial charge in [-0.3, -0.25) is 30.6 Å². The largest absolute Gasteiger partial charge is 0.283 e. The highest BCUT2D eigenvalue weighted by Crippen LogP contribution is 2.38. The summed E-state index contributed by atoms with van der Waals surface area (Å²) < 4.78 is 28.8. The van der Waals surface area contributed by atoms with E-state index < -0.39 is 19.9 Å². The minimum absolute atomic E-state index is 0.0624. The molecule has 0 amide bonds. The monoisotopic (exact) mass is 620 g/mol. The van der Waals surface area contributed by atoms with E-state index in [0.29, 0.717) is 29.8 Å². The highest BCUT2D eigenvalue weighted by atomic mass is 32.2. The molecule has 4 aromatic rings. The van der Waals surface area contributed by atoms with Crippen molar-refractivity contribution < 1.29 is 18.3 Å². The van der Waals surface area contributed by atoms with Gasteiger partial charge in [0.25, 0.3) is 11.4 Å². The fourth-order valence-corrected chi connectivity index (χ4v) is 8.01. The van der Waals surface area contributed by atoms with Crippen LogP contribution in [0.15, 0.2) is 92.7 Å². The van der Waals surface area contributed by atoms with Crippen LogP contribution in [0.2, 0.25) is 0 Å². The number of hydrogen-bond acceptors (Lipinski definition) is 10. The predicted octanol–water partition coefficient (Wildman–Crippen LogP) is 6.60. The molecule has 1 saturated heterocycles. The van der Waals surface area contributed by atoms with E-state index >= 15 is 0 Å². The van der Waals surface area contributed by atoms with Crippen molar-refractivity contribution in [2.24, 2.45) is 5.10 Å². The molecule has 1 aromatic heterocycles. The van der Waals surface area contributed by atoms with Crippen molar-refractivity contribution >= 4 is 56.0 Å². The molecular formula is C29H28N6O6S2. The molecule has 1 fully saturated rings. The zero-order valence-corrected chi connectivity index (χ0v) is 24.8. The van der Waals surface area contributed by atoms with Gasteiger partial charge in [-0.2, -0.15) is 9.41 Å². The highest BCUT2D eigenvalue weighted by Gasteiger charge is 2.35. The summed E-state index contributed by atoms with van der Waals surface area (Å²) in [6.07, 6.45) is 5.96. The second kappa shape index (κ2) is 12.9. The second-order valence-corrected chi connectivity index (χ2v) is 12.8. The van der Waals surface area contributed by atoms with Gasteiger partial charge in [0, 0.05) is 52.8 Å². The molecule has 1 atom stereocenters. The first-order valence-corrected chi connectivity index (χ1v) is 15.8. The van der Waals surface area contributed by atoms with Crippen LogP contribution in [0.3, 0.4) is 0 Å². The molecule has 12 nitrogen and oxygen atoms in total. The number of para-hydroxylation sites is 1. The van der Waals surface area contributed by atoms with Crippen LogP contribution in [0, 0.1) is 20.2 Å². The number of piperidine rings is 1. The summed E-state index contributed by atoms with van der Waals surface area (Å²) in [6, 6.07) is 17.4. The standard InChI is InChI=1S/C29H28N6O6S2/c1-2-22-9-3-4-16-33(22)43(40,41)28-18-23(34(36)37)12-13-24(28)32-31-19-20-11-14-26(25(17-20)35(38)39)42-27-10-5-7-21-8-6-15-30-29(21)27/h5-8,10-15,17-19,22,32H,2-4,9,16H2,1H3/b31-19-/t22-/m1/s1. The first-order valence-electron chi connectivity index (χ1n) is 13.6. The Balaban J connectivity index is 1.42. The zero-order chi connectivity index (χ0) is 30.6. The number of hydrogen-bond donors (Lipinski definition) is 1. The molecule has 1 aliphatic rings. The number of nitro benzene ring substituents is 2. The molecule has 0 unspecified atom stereocenters. The zero-order valence-electron chi connectivity index (χ0n) is 23.1. The number of nitrogens with one attached hydrogen (secondary N) is 1. The number of hydrazone groups is 1. The Labute approximate surface area is 252 Å². The van der Waals surface area contributed by atoms with Gasteiger partial charge in [0.2, 0.25) is 10.0 Å². The summed E-state index contributed by atoms with van der Waals surface area (Å²) in [6.45, 7) is 2.24. The molecule has 0 aliphatic carbocycles. The van der Waals surface area contributed by atoms with Crippen molar-refractivity contribution in [1.29, 1.82) is 0 Å². The SMILES string of the molecule is CC[C@@H]1CCCCN1S(=O)(=O)c1cc([N+](=O)[O-])ccc1N/N=C\c1ccc(Sc2cccc3cccnc23)c([N+](=O)[O-])c1. The molecule has 3 aromatic carbocycles. The summed E-state index contributed by atoms with van der Waals surface area (Å²) in [5.41, 5.74) is 3.40. The third kappa shape index (κ3) is 6.50. The normalized spacial score (nSPS) is 16.0. The molecule has 222 valence electrons. The molecule has 14 heteroatoms. The Kier molecular flexibility index (Phi) is 8.99. The highest BCUT2D eigenvalue weighted by molar-refractivity contribution is 7.99. The van der Waals surface area contributed by atoms with Crippen LogP contribution in [-0.4, -0.2) is 46.4 Å². The maximum absolute atomic E-state index is 13.7. The van der Waals surface area contributed by atoms with E-state index in [9.17, 15) is 28.6 Å². The fourth-order valence-electron chi connectivity index (χ4n) is 5.05. The molecule has 1 aliphatic heterocycles. The Hall–Kier alpha value is -4.40. The Morgan fingerprint density at radius 1 is 1.05 bits per heavy atom. The van der Waals surface area contributed by atoms with Crippen molar-refractivity contribution in [2.45, 2.75) is 53.3 Å². The van der Waals surface area contributed by atoms with E-state index in [2.05, 4.69) is 15.5 Å². The van der Waals surface area contributed by atoms with Gasteiger partial charge < -0.3 is 0 Å². The number of non-ortho nitro benzene ring substituents is 1. The van der Waals surface area contributed by atoms with Crippen LogP contribution in [0.4, 0.5) is 17.1 Å². The van der Waals surface area contributed by atoms with E-state index in [0.717, 1.165) is 34.7 Å². The lowest BCUT2D eigenvalue weighted by atomic mass is 10.0. The van der Waals surface area contributed by atoms with Crippen LogP contribution < -0.4 is 5.43 Å². The number of rotatable bonds is 10. The van der Waals surface area contributed by atoms with Gasteiger partial charge in [0.1, 0.15) is 4.90 Å². The Morgan fingerprint density at radius 2 is 1.86 bits per heavy atom. The average molecular weight is 621 g/mol. The first kappa shape index (κ1) is 30.1. The third-order valence-corrected chi connectivity index (χ3v) is 10.3. The molecule has 1 N–H and O–H groups in total. The van der Waals surface area contributed by atoms with E-state index in [1.165, 1.54) is 40.5 Å². The lowest BCUT2D eigenvalue weighted by molar-refractivity contribution is -0.387. The summed E-state index contributed by atoms with van der Waals surface area (Å²) in [7, 11) is -4.08. The number of anilines is 1. The maximum Gasteiger partial charge on any atom is 0.283 e. The van der Waals surface area contributed by atoms with E-state index in [1.807, 2.05) is 37.3 Å². The number of fused-ring (bicyclic) bond motifs is 1. The molecule has 2 heterocycles. The Bertz CT molecular complexity index is 1830. The Morgan fingerprint density at radius 3 is 2.63 bits per heavy atom. The van der Waals surface area contributed by atoms with Gasteiger partial charge in [-0.15, -0.1) is 0 Å². The lowest BCUT2D eigenvalue weighted by Crippen LogP contribution is -2.43. The third-order valence-electron chi connectivity index (χ3n) is 7.20. The van der Waals surface area contributed by atoms with Gasteiger partial charge in [-0.05, 0) is 43.5 Å². The number of sulfonamides is 1. The van der Waals surface area contributed by atoms with E-state index in [-0.39, 0.29) is 28.0 Å². The predicted molar refractivity (Wildman–Crippen MR) is 165 cm³/mol. The van der Waals surface area contributed by atoms with Gasteiger partial charge in [0.15, 0.2) is 0 Å². The first-order chi connectivity index (χ1) is 20.7. The minimum atomic E-state index is -4.08. The number of pyridine rings is 1. The van der Waals surface area contributed by atoms with Crippen LogP contribution in [0.25, 0.3) is 10.9 Å². The lowest BCUT2D eigenvalue weighted by Gasteiger charge is -2.34. The van der Waals surface area contributed by atoms with Crippen molar-refractivity contribution in [2.75, 3.05) is 12.0 Å². The van der Waals surface area contributed by atoms with Crippen LogP contribution in [-0.2, 0) is 10.0 Å². The average Bonchev–Trinajstić information content (AvgIpc) is 3.01. The molecule has 0 saturated carbocycles. The molecule has 43 heavy (non-hydrogen) atoms. The van der Waals surface area contributed by atoms with Gasteiger partial charge in [-0.1, -0.05) is 49.4 Å².